The van der Waals surface area contributed by atoms with Crippen molar-refractivity contribution in [1.29, 1.82) is 0 Å². The second-order valence-corrected chi connectivity index (χ2v) is 6.52. The highest BCUT2D eigenvalue weighted by molar-refractivity contribution is 6.31. The lowest BCUT2D eigenvalue weighted by Crippen LogP contribution is -2.20. The van der Waals surface area contributed by atoms with Gasteiger partial charge >= 0.3 is 5.97 Å². The van der Waals surface area contributed by atoms with Crippen molar-refractivity contribution in [2.24, 2.45) is 0 Å². The first-order valence-electron chi connectivity index (χ1n) is 8.16. The third-order valence-corrected chi connectivity index (χ3v) is 4.72. The Kier molecular flexibility index (Phi) is 4.09. The summed E-state index contributed by atoms with van der Waals surface area (Å²) in [6.07, 6.45) is 2.72. The van der Waals surface area contributed by atoms with Gasteiger partial charge in [-0.25, -0.2) is 9.78 Å². The van der Waals surface area contributed by atoms with Crippen molar-refractivity contribution in [1.82, 2.24) is 9.55 Å². The van der Waals surface area contributed by atoms with Gasteiger partial charge in [0.15, 0.2) is 0 Å². The number of fused-ring (bicyclic) bond motifs is 2. The van der Waals surface area contributed by atoms with E-state index in [0.29, 0.717) is 33.9 Å². The summed E-state index contributed by atoms with van der Waals surface area (Å²) in [4.78, 5) is 28.9. The quantitative estimate of drug-likeness (QED) is 0.647. The van der Waals surface area contributed by atoms with Gasteiger partial charge in [-0.05, 0) is 54.0 Å². The zero-order chi connectivity index (χ0) is 18.3. The number of hydrogen-bond acceptors (Lipinski definition) is 4. The molecule has 1 aliphatic rings. The lowest BCUT2D eigenvalue weighted by atomic mass is 10.1. The standard InChI is InChI=1S/C20H15ClN2O3/c1-26-20(25)13-4-2-12(3-5-13)10-14-8-9-23-18(14)22-17-11-15(21)6-7-16(17)19(23)24/h2-7,10-11H,8-9H2,1H3/b14-10+. The Labute approximate surface area is 154 Å². The first-order chi connectivity index (χ1) is 12.6. The van der Waals surface area contributed by atoms with Crippen LogP contribution in [-0.4, -0.2) is 22.6 Å². The molecule has 1 aliphatic heterocycles. The summed E-state index contributed by atoms with van der Waals surface area (Å²) in [5, 5.41) is 1.12. The van der Waals surface area contributed by atoms with E-state index in [0.717, 1.165) is 17.6 Å². The van der Waals surface area contributed by atoms with E-state index >= 15 is 0 Å². The SMILES string of the molecule is COC(=O)c1ccc(/C=C2\CCn3c2nc2cc(Cl)ccc2c3=O)cc1. The molecular formula is C20H15ClN2O3. The normalized spacial score (nSPS) is 14.6. The van der Waals surface area contributed by atoms with E-state index in [9.17, 15) is 9.59 Å². The molecule has 0 spiro atoms. The summed E-state index contributed by atoms with van der Waals surface area (Å²) in [7, 11) is 1.35. The monoisotopic (exact) mass is 366 g/mol. The van der Waals surface area contributed by atoms with Crippen LogP contribution in [0.15, 0.2) is 47.3 Å². The van der Waals surface area contributed by atoms with E-state index in [4.69, 9.17) is 16.3 Å². The van der Waals surface area contributed by atoms with Crippen LogP contribution in [0.2, 0.25) is 5.02 Å². The molecule has 2 heterocycles. The van der Waals surface area contributed by atoms with Crippen LogP contribution in [0.3, 0.4) is 0 Å². The van der Waals surface area contributed by atoms with Gasteiger partial charge in [-0.2, -0.15) is 0 Å². The number of hydrogen-bond donors (Lipinski definition) is 0. The fourth-order valence-corrected chi connectivity index (χ4v) is 3.33. The molecule has 26 heavy (non-hydrogen) atoms. The Morgan fingerprint density at radius 3 is 2.73 bits per heavy atom. The first-order valence-corrected chi connectivity index (χ1v) is 8.54. The van der Waals surface area contributed by atoms with E-state index in [1.807, 2.05) is 18.2 Å². The number of benzene rings is 2. The first kappa shape index (κ1) is 16.5. The molecule has 2 aromatic carbocycles. The summed E-state index contributed by atoms with van der Waals surface area (Å²) in [6, 6.07) is 12.2. The smallest absolute Gasteiger partial charge is 0.337 e. The highest BCUT2D eigenvalue weighted by Gasteiger charge is 2.21. The van der Waals surface area contributed by atoms with Crippen molar-refractivity contribution in [3.63, 3.8) is 0 Å². The third-order valence-electron chi connectivity index (χ3n) is 4.48. The fourth-order valence-electron chi connectivity index (χ4n) is 3.16. The molecular weight excluding hydrogens is 352 g/mol. The van der Waals surface area contributed by atoms with E-state index in [2.05, 4.69) is 4.98 Å². The highest BCUT2D eigenvalue weighted by Crippen LogP contribution is 2.28. The average Bonchev–Trinajstić information content (AvgIpc) is 3.04. The van der Waals surface area contributed by atoms with Gasteiger partial charge in [-0.1, -0.05) is 23.7 Å². The minimum atomic E-state index is -0.369. The van der Waals surface area contributed by atoms with Crippen LogP contribution >= 0.6 is 11.6 Å². The number of carbonyl (C=O) groups excluding carboxylic acids is 1. The van der Waals surface area contributed by atoms with Gasteiger partial charge < -0.3 is 4.74 Å². The van der Waals surface area contributed by atoms with Crippen LogP contribution in [-0.2, 0) is 11.3 Å². The molecule has 0 aliphatic carbocycles. The number of carbonyl (C=O) groups is 1. The molecule has 5 nitrogen and oxygen atoms in total. The molecule has 6 heteroatoms. The second-order valence-electron chi connectivity index (χ2n) is 6.09. The summed E-state index contributed by atoms with van der Waals surface area (Å²) in [6.45, 7) is 0.603. The van der Waals surface area contributed by atoms with Crippen molar-refractivity contribution in [2.75, 3.05) is 7.11 Å². The van der Waals surface area contributed by atoms with Crippen LogP contribution in [0, 0.1) is 0 Å². The van der Waals surface area contributed by atoms with Gasteiger partial charge in [0.25, 0.3) is 5.56 Å². The maximum atomic E-state index is 12.7. The fraction of sp³-hybridized carbons (Fsp3) is 0.150. The van der Waals surface area contributed by atoms with Crippen LogP contribution in [0.4, 0.5) is 0 Å². The van der Waals surface area contributed by atoms with Crippen LogP contribution in [0.25, 0.3) is 22.6 Å². The Morgan fingerprint density at radius 1 is 1.23 bits per heavy atom. The van der Waals surface area contributed by atoms with Gasteiger partial charge in [0.2, 0.25) is 0 Å². The van der Waals surface area contributed by atoms with Gasteiger partial charge in [0.05, 0.1) is 23.6 Å². The van der Waals surface area contributed by atoms with Gasteiger partial charge in [-0.3, -0.25) is 9.36 Å². The van der Waals surface area contributed by atoms with Gasteiger partial charge in [-0.15, -0.1) is 0 Å². The minimum absolute atomic E-state index is 0.0499. The van der Waals surface area contributed by atoms with Gasteiger partial charge in [0, 0.05) is 11.6 Å². The van der Waals surface area contributed by atoms with Crippen LogP contribution in [0.5, 0.6) is 0 Å². The number of aromatic nitrogens is 2. The van der Waals surface area contributed by atoms with E-state index in [-0.39, 0.29) is 11.5 Å². The Hall–Kier alpha value is -2.92. The Balaban J connectivity index is 1.77. The maximum absolute atomic E-state index is 12.7. The van der Waals surface area contributed by atoms with Crippen molar-refractivity contribution in [3.8, 4) is 0 Å². The molecule has 0 bridgehead atoms. The van der Waals surface area contributed by atoms with E-state index in [1.54, 1.807) is 34.9 Å². The molecule has 0 fully saturated rings. The predicted octanol–water partition coefficient (Wildman–Crippen LogP) is 3.78. The molecule has 4 rings (SSSR count). The summed E-state index contributed by atoms with van der Waals surface area (Å²) < 4.78 is 6.41. The largest absolute Gasteiger partial charge is 0.465 e. The van der Waals surface area contributed by atoms with E-state index in [1.165, 1.54) is 7.11 Å². The lowest BCUT2D eigenvalue weighted by molar-refractivity contribution is 0.0600. The molecule has 130 valence electrons. The number of esters is 1. The molecule has 0 amide bonds. The summed E-state index contributed by atoms with van der Waals surface area (Å²) >= 11 is 6.04. The number of nitrogens with zero attached hydrogens (tertiary/aromatic N) is 2. The zero-order valence-corrected chi connectivity index (χ0v) is 14.8. The molecule has 1 aromatic heterocycles. The molecule has 0 saturated heterocycles. The van der Waals surface area contributed by atoms with Crippen LogP contribution in [0.1, 0.15) is 28.2 Å². The molecule has 0 atom stereocenters. The molecule has 0 saturated carbocycles. The molecule has 0 unspecified atom stereocenters. The maximum Gasteiger partial charge on any atom is 0.337 e. The predicted molar refractivity (Wildman–Crippen MR) is 101 cm³/mol. The average molecular weight is 367 g/mol. The van der Waals surface area contributed by atoms with Crippen molar-refractivity contribution in [2.45, 2.75) is 13.0 Å². The number of ether oxygens (including phenoxy) is 1. The minimum Gasteiger partial charge on any atom is -0.465 e. The van der Waals surface area contributed by atoms with Gasteiger partial charge in [0.1, 0.15) is 5.82 Å². The van der Waals surface area contributed by atoms with Crippen molar-refractivity contribution >= 4 is 40.1 Å². The highest BCUT2D eigenvalue weighted by atomic mass is 35.5. The van der Waals surface area contributed by atoms with E-state index < -0.39 is 0 Å². The number of halogens is 1. The lowest BCUT2D eigenvalue weighted by Gasteiger charge is -2.06. The van der Waals surface area contributed by atoms with Crippen molar-refractivity contribution < 1.29 is 9.53 Å². The number of allylic oxidation sites excluding steroid dienone is 1. The molecule has 3 aromatic rings. The van der Waals surface area contributed by atoms with Crippen LogP contribution < -0.4 is 5.56 Å². The molecule has 0 N–H and O–H groups in total. The van der Waals surface area contributed by atoms with Crippen molar-refractivity contribution in [3.05, 3.63) is 74.8 Å². The zero-order valence-electron chi connectivity index (χ0n) is 14.0. The summed E-state index contributed by atoms with van der Waals surface area (Å²) in [5.41, 5.74) is 2.96. The second kappa shape index (κ2) is 6.42. The molecule has 0 radical (unpaired) electrons. The summed E-state index contributed by atoms with van der Waals surface area (Å²) in [5.74, 6) is 0.300. The Morgan fingerprint density at radius 2 is 2.00 bits per heavy atom. The number of methoxy groups -OCH3 is 1. The number of rotatable bonds is 2. The third kappa shape index (κ3) is 2.80. The topological polar surface area (TPSA) is 61.2 Å². The Bertz CT molecular complexity index is 1110.